The average molecular weight is 382 g/mol. The summed E-state index contributed by atoms with van der Waals surface area (Å²) in [7, 11) is 1.50. The highest BCUT2D eigenvalue weighted by atomic mass is 32.2. The van der Waals surface area contributed by atoms with Crippen molar-refractivity contribution < 1.29 is 24.2 Å². The molecule has 26 heavy (non-hydrogen) atoms. The number of aryl methyl sites for hydroxylation is 1. The minimum atomic E-state index is -0.753. The molecule has 1 aliphatic heterocycles. The Labute approximate surface area is 157 Å². The predicted octanol–water partition coefficient (Wildman–Crippen LogP) is 1.33. The number of aliphatic hydroxyl groups excluding tert-OH is 1. The van der Waals surface area contributed by atoms with E-state index in [0.717, 1.165) is 29.9 Å². The van der Waals surface area contributed by atoms with Crippen LogP contribution in [-0.4, -0.2) is 60.9 Å². The summed E-state index contributed by atoms with van der Waals surface area (Å²) in [5.74, 6) is 0.862. The molecule has 2 rings (SSSR count). The molecule has 1 aliphatic rings. The first kappa shape index (κ1) is 20.5. The summed E-state index contributed by atoms with van der Waals surface area (Å²) in [6.07, 6.45) is 1.54. The molecule has 0 aromatic heterocycles. The summed E-state index contributed by atoms with van der Waals surface area (Å²) in [6.45, 7) is 2.27. The number of rotatable bonds is 7. The van der Waals surface area contributed by atoms with Gasteiger partial charge in [-0.15, -0.1) is 0 Å². The highest BCUT2D eigenvalue weighted by Crippen LogP contribution is 2.30. The van der Waals surface area contributed by atoms with Gasteiger partial charge in [0.15, 0.2) is 0 Å². The molecule has 144 valence electrons. The Kier molecular flexibility index (Phi) is 7.74. The second-order valence-corrected chi connectivity index (χ2v) is 7.43. The standard InChI is InChI=1S/C18H26N2O5S/c1-13-3-4-15(24-2)14(11-13)20-17(23)16(22)19-12-18(25-8-7-21)5-9-26-10-6-18/h3-4,11,21H,5-10,12H2,1-2H3,(H,19,22)(H,20,23). The van der Waals surface area contributed by atoms with E-state index in [1.54, 1.807) is 12.1 Å². The number of carbonyl (C=O) groups is 2. The number of thioether (sulfide) groups is 1. The Morgan fingerprint density at radius 1 is 1.27 bits per heavy atom. The Balaban J connectivity index is 1.95. The number of ether oxygens (including phenoxy) is 2. The van der Waals surface area contributed by atoms with Crippen LogP contribution in [0.1, 0.15) is 18.4 Å². The molecule has 7 nitrogen and oxygen atoms in total. The molecule has 0 spiro atoms. The van der Waals surface area contributed by atoms with E-state index in [-0.39, 0.29) is 19.8 Å². The van der Waals surface area contributed by atoms with Gasteiger partial charge in [-0.3, -0.25) is 9.59 Å². The maximum atomic E-state index is 12.2. The van der Waals surface area contributed by atoms with Crippen molar-refractivity contribution in [2.24, 2.45) is 0 Å². The topological polar surface area (TPSA) is 96.9 Å². The van der Waals surface area contributed by atoms with E-state index in [9.17, 15) is 9.59 Å². The zero-order valence-corrected chi connectivity index (χ0v) is 16.0. The lowest BCUT2D eigenvalue weighted by molar-refractivity contribution is -0.137. The van der Waals surface area contributed by atoms with Crippen LogP contribution in [0.5, 0.6) is 5.75 Å². The summed E-state index contributed by atoms with van der Waals surface area (Å²) in [5, 5.41) is 14.3. The van der Waals surface area contributed by atoms with Crippen LogP contribution in [0, 0.1) is 6.92 Å². The lowest BCUT2D eigenvalue weighted by atomic mass is 9.96. The van der Waals surface area contributed by atoms with Crippen LogP contribution in [-0.2, 0) is 14.3 Å². The SMILES string of the molecule is COc1ccc(C)cc1NC(=O)C(=O)NCC1(OCCO)CCSCC1. The monoisotopic (exact) mass is 382 g/mol. The molecule has 0 radical (unpaired) electrons. The lowest BCUT2D eigenvalue weighted by Crippen LogP contribution is -2.50. The van der Waals surface area contributed by atoms with Crippen LogP contribution >= 0.6 is 11.8 Å². The number of benzene rings is 1. The van der Waals surface area contributed by atoms with Crippen LogP contribution in [0.3, 0.4) is 0 Å². The van der Waals surface area contributed by atoms with Crippen molar-refractivity contribution in [3.05, 3.63) is 23.8 Å². The van der Waals surface area contributed by atoms with E-state index in [1.807, 2.05) is 24.8 Å². The molecule has 0 aliphatic carbocycles. The molecule has 8 heteroatoms. The van der Waals surface area contributed by atoms with Crippen molar-refractivity contribution in [2.45, 2.75) is 25.4 Å². The number of methoxy groups -OCH3 is 1. The third kappa shape index (κ3) is 5.62. The largest absolute Gasteiger partial charge is 0.495 e. The fraction of sp³-hybridized carbons (Fsp3) is 0.556. The van der Waals surface area contributed by atoms with E-state index in [1.165, 1.54) is 7.11 Å². The first-order chi connectivity index (χ1) is 12.5. The predicted molar refractivity (Wildman–Crippen MR) is 102 cm³/mol. The van der Waals surface area contributed by atoms with Gasteiger partial charge >= 0.3 is 11.8 Å². The molecule has 1 aromatic carbocycles. The van der Waals surface area contributed by atoms with Gasteiger partial charge in [0.05, 0.1) is 31.6 Å². The van der Waals surface area contributed by atoms with Gasteiger partial charge in [0, 0.05) is 6.54 Å². The average Bonchev–Trinajstić information content (AvgIpc) is 2.65. The van der Waals surface area contributed by atoms with Crippen molar-refractivity contribution >= 4 is 29.3 Å². The van der Waals surface area contributed by atoms with Crippen LogP contribution in [0.2, 0.25) is 0 Å². The Morgan fingerprint density at radius 3 is 2.65 bits per heavy atom. The second kappa shape index (κ2) is 9.80. The van der Waals surface area contributed by atoms with E-state index < -0.39 is 17.4 Å². The van der Waals surface area contributed by atoms with Gasteiger partial charge in [0.2, 0.25) is 0 Å². The zero-order chi connectivity index (χ0) is 19.0. The molecule has 3 N–H and O–H groups in total. The van der Waals surface area contributed by atoms with Gasteiger partial charge in [-0.05, 0) is 49.0 Å². The number of nitrogens with one attached hydrogen (secondary N) is 2. The van der Waals surface area contributed by atoms with E-state index in [0.29, 0.717) is 11.4 Å². The summed E-state index contributed by atoms with van der Waals surface area (Å²) < 4.78 is 11.0. The molecule has 0 saturated carbocycles. The van der Waals surface area contributed by atoms with E-state index >= 15 is 0 Å². The number of aliphatic hydroxyl groups is 1. The van der Waals surface area contributed by atoms with Crippen molar-refractivity contribution in [2.75, 3.05) is 43.7 Å². The van der Waals surface area contributed by atoms with Crippen molar-refractivity contribution in [3.63, 3.8) is 0 Å². The van der Waals surface area contributed by atoms with Gasteiger partial charge in [-0.25, -0.2) is 0 Å². The molecule has 1 heterocycles. The molecular formula is C18H26N2O5S. The third-order valence-corrected chi connectivity index (χ3v) is 5.27. The fourth-order valence-corrected chi connectivity index (χ4v) is 4.03. The van der Waals surface area contributed by atoms with Gasteiger partial charge < -0.3 is 25.2 Å². The molecule has 0 bridgehead atoms. The van der Waals surface area contributed by atoms with Crippen LogP contribution < -0.4 is 15.4 Å². The van der Waals surface area contributed by atoms with E-state index in [4.69, 9.17) is 14.6 Å². The molecule has 0 atom stereocenters. The zero-order valence-electron chi connectivity index (χ0n) is 15.2. The molecule has 0 unspecified atom stereocenters. The number of carbonyl (C=O) groups excluding carboxylic acids is 2. The lowest BCUT2D eigenvalue weighted by Gasteiger charge is -2.36. The molecule has 1 saturated heterocycles. The van der Waals surface area contributed by atoms with Gasteiger partial charge in [0.1, 0.15) is 5.75 Å². The highest BCUT2D eigenvalue weighted by Gasteiger charge is 2.34. The smallest absolute Gasteiger partial charge is 0.313 e. The minimum absolute atomic E-state index is 0.0729. The Bertz CT molecular complexity index is 632. The number of hydrogen-bond donors (Lipinski definition) is 3. The Morgan fingerprint density at radius 2 is 2.00 bits per heavy atom. The normalized spacial score (nSPS) is 16.0. The molecular weight excluding hydrogens is 356 g/mol. The van der Waals surface area contributed by atoms with E-state index in [2.05, 4.69) is 10.6 Å². The van der Waals surface area contributed by atoms with Crippen molar-refractivity contribution in [1.82, 2.24) is 5.32 Å². The van der Waals surface area contributed by atoms with Crippen LogP contribution in [0.15, 0.2) is 18.2 Å². The second-order valence-electron chi connectivity index (χ2n) is 6.21. The first-order valence-corrected chi connectivity index (χ1v) is 9.71. The van der Waals surface area contributed by atoms with Gasteiger partial charge in [-0.2, -0.15) is 11.8 Å². The maximum absolute atomic E-state index is 12.2. The quantitative estimate of drug-likeness (QED) is 0.616. The fourth-order valence-electron chi connectivity index (χ4n) is 2.80. The first-order valence-electron chi connectivity index (χ1n) is 8.56. The van der Waals surface area contributed by atoms with Crippen molar-refractivity contribution in [1.29, 1.82) is 0 Å². The summed E-state index contributed by atoms with van der Waals surface area (Å²) in [5.41, 5.74) is 0.871. The molecule has 1 fully saturated rings. The van der Waals surface area contributed by atoms with Crippen molar-refractivity contribution in [3.8, 4) is 5.75 Å². The maximum Gasteiger partial charge on any atom is 0.313 e. The number of anilines is 1. The number of amides is 2. The third-order valence-electron chi connectivity index (χ3n) is 4.28. The minimum Gasteiger partial charge on any atom is -0.495 e. The van der Waals surface area contributed by atoms with Gasteiger partial charge in [-0.1, -0.05) is 6.07 Å². The Hall–Kier alpha value is -1.77. The molecule has 2 amide bonds. The highest BCUT2D eigenvalue weighted by molar-refractivity contribution is 7.99. The van der Waals surface area contributed by atoms with Crippen LogP contribution in [0.25, 0.3) is 0 Å². The summed E-state index contributed by atoms with van der Waals surface area (Å²) >= 11 is 1.83. The molecule has 1 aromatic rings. The number of hydrogen-bond acceptors (Lipinski definition) is 6. The summed E-state index contributed by atoms with van der Waals surface area (Å²) in [4.78, 5) is 24.4. The van der Waals surface area contributed by atoms with Gasteiger partial charge in [0.25, 0.3) is 0 Å². The summed E-state index contributed by atoms with van der Waals surface area (Å²) in [6, 6.07) is 5.34. The van der Waals surface area contributed by atoms with Crippen LogP contribution in [0.4, 0.5) is 5.69 Å².